The van der Waals surface area contributed by atoms with Gasteiger partial charge < -0.3 is 24.3 Å². The molecule has 5 nitrogen and oxygen atoms in total. The maximum Gasteiger partial charge on any atom is 0.231 e. The second kappa shape index (κ2) is 6.24. The molecule has 2 aliphatic heterocycles. The Hall–Kier alpha value is -2.40. The standard InChI is InChI=1S/C19H21NO4/c1-3-22-18-8-12-6-7-20-19(14(12)10-16(18)21-2)13-4-5-15-17(9-13)24-11-23-15/h4-5,8-10,19-20H,3,6-7,11H2,1-2H3/p+1. The molecule has 4 rings (SSSR count). The predicted octanol–water partition coefficient (Wildman–Crippen LogP) is 2.03. The maximum atomic E-state index is 5.72. The molecule has 2 aromatic rings. The molecular formula is C19H22NO4+. The van der Waals surface area contributed by atoms with Gasteiger partial charge >= 0.3 is 0 Å². The molecule has 0 aromatic heterocycles. The van der Waals surface area contributed by atoms with Crippen LogP contribution in [0.4, 0.5) is 0 Å². The summed E-state index contributed by atoms with van der Waals surface area (Å²) in [7, 11) is 1.69. The third-order valence-electron chi connectivity index (χ3n) is 4.63. The Morgan fingerprint density at radius 3 is 2.83 bits per heavy atom. The molecule has 0 amide bonds. The zero-order valence-electron chi connectivity index (χ0n) is 14.0. The Morgan fingerprint density at radius 1 is 1.12 bits per heavy atom. The Labute approximate surface area is 141 Å². The van der Waals surface area contributed by atoms with Gasteiger partial charge in [0.15, 0.2) is 23.0 Å². The molecule has 0 aliphatic carbocycles. The summed E-state index contributed by atoms with van der Waals surface area (Å²) in [6.07, 6.45) is 1.03. The molecule has 2 N–H and O–H groups in total. The average Bonchev–Trinajstić information content (AvgIpc) is 3.08. The van der Waals surface area contributed by atoms with Crippen LogP contribution in [0.5, 0.6) is 23.0 Å². The van der Waals surface area contributed by atoms with Gasteiger partial charge in [-0.3, -0.25) is 0 Å². The van der Waals surface area contributed by atoms with E-state index in [1.54, 1.807) is 7.11 Å². The van der Waals surface area contributed by atoms with Gasteiger partial charge in [-0.05, 0) is 42.8 Å². The van der Waals surface area contributed by atoms with Gasteiger partial charge in [-0.2, -0.15) is 0 Å². The van der Waals surface area contributed by atoms with Crippen molar-refractivity contribution in [1.29, 1.82) is 0 Å². The second-order valence-corrected chi connectivity index (χ2v) is 6.00. The highest BCUT2D eigenvalue weighted by Crippen LogP contribution is 2.38. The first-order valence-corrected chi connectivity index (χ1v) is 8.36. The van der Waals surface area contributed by atoms with Gasteiger partial charge in [0, 0.05) is 17.5 Å². The normalized spacial score (nSPS) is 18.2. The lowest BCUT2D eigenvalue weighted by Gasteiger charge is -2.26. The largest absolute Gasteiger partial charge is 0.493 e. The zero-order chi connectivity index (χ0) is 16.5. The van der Waals surface area contributed by atoms with E-state index < -0.39 is 0 Å². The van der Waals surface area contributed by atoms with E-state index in [-0.39, 0.29) is 6.04 Å². The molecule has 2 aliphatic rings. The molecule has 5 heteroatoms. The third-order valence-corrected chi connectivity index (χ3v) is 4.63. The smallest absolute Gasteiger partial charge is 0.231 e. The summed E-state index contributed by atoms with van der Waals surface area (Å²) in [5, 5.41) is 2.36. The number of rotatable bonds is 4. The van der Waals surface area contributed by atoms with E-state index in [0.717, 1.165) is 36.0 Å². The van der Waals surface area contributed by atoms with Gasteiger partial charge in [-0.1, -0.05) is 0 Å². The van der Waals surface area contributed by atoms with Crippen LogP contribution in [-0.2, 0) is 6.42 Å². The lowest BCUT2D eigenvalue weighted by molar-refractivity contribution is -0.690. The van der Waals surface area contributed by atoms with Crippen molar-refractivity contribution in [3.63, 3.8) is 0 Å². The van der Waals surface area contributed by atoms with Crippen molar-refractivity contribution in [3.8, 4) is 23.0 Å². The number of nitrogens with two attached hydrogens (primary N) is 1. The summed E-state index contributed by atoms with van der Waals surface area (Å²) in [5.74, 6) is 3.26. The van der Waals surface area contributed by atoms with Gasteiger partial charge in [-0.15, -0.1) is 0 Å². The van der Waals surface area contributed by atoms with Crippen LogP contribution in [0.3, 0.4) is 0 Å². The van der Waals surface area contributed by atoms with E-state index in [0.29, 0.717) is 13.4 Å². The van der Waals surface area contributed by atoms with Gasteiger partial charge in [0.2, 0.25) is 6.79 Å². The molecule has 2 aromatic carbocycles. The highest BCUT2D eigenvalue weighted by atomic mass is 16.7. The summed E-state index contributed by atoms with van der Waals surface area (Å²) in [6.45, 7) is 3.97. The first-order valence-electron chi connectivity index (χ1n) is 8.36. The van der Waals surface area contributed by atoms with E-state index in [1.165, 1.54) is 16.7 Å². The van der Waals surface area contributed by atoms with Crippen molar-refractivity contribution in [2.24, 2.45) is 0 Å². The number of methoxy groups -OCH3 is 1. The number of hydrogen-bond acceptors (Lipinski definition) is 4. The predicted molar refractivity (Wildman–Crippen MR) is 89.1 cm³/mol. The van der Waals surface area contributed by atoms with Crippen molar-refractivity contribution in [1.82, 2.24) is 0 Å². The summed E-state index contributed by atoms with van der Waals surface area (Å²) < 4.78 is 22.2. The number of ether oxygens (including phenoxy) is 4. The molecule has 1 atom stereocenters. The number of benzene rings is 2. The molecule has 0 fully saturated rings. The summed E-state index contributed by atoms with van der Waals surface area (Å²) in [4.78, 5) is 0. The van der Waals surface area contributed by atoms with Crippen LogP contribution < -0.4 is 24.3 Å². The average molecular weight is 328 g/mol. The Bertz CT molecular complexity index is 759. The second-order valence-electron chi connectivity index (χ2n) is 6.00. The maximum absolute atomic E-state index is 5.72. The fourth-order valence-electron chi connectivity index (χ4n) is 3.51. The van der Waals surface area contributed by atoms with Gasteiger partial charge in [0.25, 0.3) is 0 Å². The first-order chi connectivity index (χ1) is 11.8. The molecule has 24 heavy (non-hydrogen) atoms. The van der Waals surface area contributed by atoms with E-state index in [4.69, 9.17) is 18.9 Å². The van der Waals surface area contributed by atoms with Gasteiger partial charge in [0.1, 0.15) is 6.04 Å². The fraction of sp³-hybridized carbons (Fsp3) is 0.368. The highest BCUT2D eigenvalue weighted by Gasteiger charge is 2.28. The Morgan fingerprint density at radius 2 is 2.00 bits per heavy atom. The van der Waals surface area contributed by atoms with Crippen molar-refractivity contribution in [2.75, 3.05) is 27.1 Å². The molecule has 126 valence electrons. The van der Waals surface area contributed by atoms with Crippen LogP contribution in [0.1, 0.15) is 29.7 Å². The lowest BCUT2D eigenvalue weighted by atomic mass is 9.89. The van der Waals surface area contributed by atoms with Crippen molar-refractivity contribution in [3.05, 3.63) is 47.0 Å². The zero-order valence-corrected chi connectivity index (χ0v) is 14.0. The first kappa shape index (κ1) is 15.1. The van der Waals surface area contributed by atoms with Crippen LogP contribution in [-0.4, -0.2) is 27.1 Å². The summed E-state index contributed by atoms with van der Waals surface area (Å²) in [5.41, 5.74) is 3.82. The SMILES string of the molecule is CCOc1cc2c(cc1OC)C(c1ccc3c(c1)OCO3)[NH2+]CC2. The Kier molecular flexibility index (Phi) is 3.94. The lowest BCUT2D eigenvalue weighted by Crippen LogP contribution is -2.87. The van der Waals surface area contributed by atoms with E-state index in [9.17, 15) is 0 Å². The van der Waals surface area contributed by atoms with Crippen molar-refractivity contribution >= 4 is 0 Å². The van der Waals surface area contributed by atoms with Crippen molar-refractivity contribution < 1.29 is 24.3 Å². The summed E-state index contributed by atoms with van der Waals surface area (Å²) in [6, 6.07) is 10.7. The summed E-state index contributed by atoms with van der Waals surface area (Å²) >= 11 is 0. The number of hydrogen-bond donors (Lipinski definition) is 1. The molecule has 0 saturated heterocycles. The topological polar surface area (TPSA) is 53.5 Å². The van der Waals surface area contributed by atoms with Crippen LogP contribution in [0, 0.1) is 0 Å². The molecule has 1 unspecified atom stereocenters. The van der Waals surface area contributed by atoms with Crippen LogP contribution in [0.15, 0.2) is 30.3 Å². The van der Waals surface area contributed by atoms with Crippen LogP contribution in [0.25, 0.3) is 0 Å². The van der Waals surface area contributed by atoms with E-state index in [2.05, 4.69) is 29.6 Å². The fourth-order valence-corrected chi connectivity index (χ4v) is 3.51. The quantitative estimate of drug-likeness (QED) is 0.933. The molecule has 0 radical (unpaired) electrons. The van der Waals surface area contributed by atoms with Gasteiger partial charge in [0.05, 0.1) is 20.3 Å². The molecule has 0 spiro atoms. The third kappa shape index (κ3) is 2.55. The number of fused-ring (bicyclic) bond motifs is 2. The van der Waals surface area contributed by atoms with Gasteiger partial charge in [-0.25, -0.2) is 0 Å². The molecule has 0 saturated carbocycles. The van der Waals surface area contributed by atoms with E-state index in [1.807, 2.05) is 13.0 Å². The molecule has 0 bridgehead atoms. The minimum atomic E-state index is 0.229. The monoisotopic (exact) mass is 328 g/mol. The Balaban J connectivity index is 1.75. The number of quaternary nitrogens is 1. The van der Waals surface area contributed by atoms with Crippen LogP contribution in [0.2, 0.25) is 0 Å². The van der Waals surface area contributed by atoms with Crippen LogP contribution >= 0.6 is 0 Å². The molecule has 2 heterocycles. The van der Waals surface area contributed by atoms with Crippen molar-refractivity contribution in [2.45, 2.75) is 19.4 Å². The molecular weight excluding hydrogens is 306 g/mol. The van der Waals surface area contributed by atoms with E-state index >= 15 is 0 Å². The highest BCUT2D eigenvalue weighted by molar-refractivity contribution is 5.52. The minimum absolute atomic E-state index is 0.229. The minimum Gasteiger partial charge on any atom is -0.493 e.